The predicted octanol–water partition coefficient (Wildman–Crippen LogP) is 0.641. The van der Waals surface area contributed by atoms with Crippen LogP contribution in [0.1, 0.15) is 45.1 Å². The molecule has 2 aromatic rings. The molecule has 0 fully saturated rings. The number of carboxylic acids is 1. The number of hydrogen-bond acceptors (Lipinski definition) is 7. The molecule has 0 saturated heterocycles. The highest BCUT2D eigenvalue weighted by Gasteiger charge is 2.33. The second-order valence-corrected chi connectivity index (χ2v) is 10.8. The normalized spacial score (nSPS) is 14.9. The fraction of sp³-hybridized carbons (Fsp3) is 0.519. The van der Waals surface area contributed by atoms with Crippen molar-refractivity contribution in [1.29, 1.82) is 0 Å². The van der Waals surface area contributed by atoms with Crippen molar-refractivity contribution < 1.29 is 29.1 Å². The number of nitrogens with two attached hydrogens (primary N) is 2. The molecule has 1 aromatic carbocycles. The molecule has 2 rings (SSSR count). The molecule has 220 valence electrons. The van der Waals surface area contributed by atoms with Crippen LogP contribution < -0.4 is 27.4 Å². The van der Waals surface area contributed by atoms with Crippen LogP contribution in [0.4, 0.5) is 0 Å². The summed E-state index contributed by atoms with van der Waals surface area (Å²) >= 11 is 1.45. The van der Waals surface area contributed by atoms with Gasteiger partial charge in [-0.1, -0.05) is 38.5 Å². The van der Waals surface area contributed by atoms with Crippen molar-refractivity contribution in [2.45, 2.75) is 70.1 Å². The number of H-pyrrole nitrogens is 1. The third-order valence-electron chi connectivity index (χ3n) is 6.78. The summed E-state index contributed by atoms with van der Waals surface area (Å²) in [6, 6.07) is 3.20. The Kier molecular flexibility index (Phi) is 12.9. The first kappa shape index (κ1) is 32.6. The highest BCUT2D eigenvalue weighted by molar-refractivity contribution is 7.98. The molecule has 1 aromatic heterocycles. The van der Waals surface area contributed by atoms with Crippen molar-refractivity contribution in [1.82, 2.24) is 20.9 Å². The summed E-state index contributed by atoms with van der Waals surface area (Å²) in [6.07, 6.45) is 4.23. The van der Waals surface area contributed by atoms with E-state index in [-0.39, 0.29) is 31.6 Å². The van der Waals surface area contributed by atoms with Crippen LogP contribution in [0, 0.1) is 5.92 Å². The van der Waals surface area contributed by atoms with Gasteiger partial charge in [0, 0.05) is 23.5 Å². The fourth-order valence-corrected chi connectivity index (χ4v) is 4.65. The van der Waals surface area contributed by atoms with E-state index in [2.05, 4.69) is 20.9 Å². The standard InChI is InChI=1S/C27H40N6O6S/c1-4-15(2)23(26(37)32-21(27(38)39)11-12-40-3)33-25(36)20(9-10-22(29)34)31-24(35)18(28)13-16-14-30-19-8-6-5-7-17(16)19/h5-8,14-15,18,20-21,23,30H,4,9-13,28H2,1-3H3,(H2,29,34)(H,31,35)(H,32,37)(H,33,36)(H,38,39). The molecule has 1 heterocycles. The highest BCUT2D eigenvalue weighted by atomic mass is 32.2. The van der Waals surface area contributed by atoms with Crippen LogP contribution in [0.5, 0.6) is 0 Å². The maximum atomic E-state index is 13.3. The Morgan fingerprint density at radius 2 is 1.68 bits per heavy atom. The molecule has 13 heteroatoms. The van der Waals surface area contributed by atoms with Crippen molar-refractivity contribution >= 4 is 52.3 Å². The Bertz CT molecular complexity index is 1190. The molecule has 12 nitrogen and oxygen atoms in total. The first-order valence-electron chi connectivity index (χ1n) is 13.2. The van der Waals surface area contributed by atoms with Crippen LogP contribution in [0.3, 0.4) is 0 Å². The van der Waals surface area contributed by atoms with Gasteiger partial charge in [-0.05, 0) is 48.8 Å². The quantitative estimate of drug-likeness (QED) is 0.142. The number of aliphatic carboxylic acids is 1. The van der Waals surface area contributed by atoms with Crippen molar-refractivity contribution in [2.75, 3.05) is 12.0 Å². The van der Waals surface area contributed by atoms with Gasteiger partial charge in [-0.3, -0.25) is 19.2 Å². The number of fused-ring (bicyclic) bond motifs is 1. The van der Waals surface area contributed by atoms with Gasteiger partial charge in [0.15, 0.2) is 0 Å². The molecule has 0 radical (unpaired) electrons. The number of carboxylic acid groups (broad SMARTS) is 1. The number of aromatic amines is 1. The van der Waals surface area contributed by atoms with Crippen LogP contribution in [0.25, 0.3) is 10.9 Å². The molecule has 4 amide bonds. The number of carbonyl (C=O) groups excluding carboxylic acids is 4. The monoisotopic (exact) mass is 576 g/mol. The molecule has 0 aliphatic heterocycles. The number of hydrogen-bond donors (Lipinski definition) is 7. The fourth-order valence-electron chi connectivity index (χ4n) is 4.17. The van der Waals surface area contributed by atoms with Crippen molar-refractivity contribution in [3.05, 3.63) is 36.0 Å². The van der Waals surface area contributed by atoms with E-state index in [1.165, 1.54) is 11.8 Å². The number of benzene rings is 1. The van der Waals surface area contributed by atoms with E-state index >= 15 is 0 Å². The number of amides is 4. The third-order valence-corrected chi connectivity index (χ3v) is 7.43. The molecule has 5 atom stereocenters. The van der Waals surface area contributed by atoms with Gasteiger partial charge >= 0.3 is 5.97 Å². The van der Waals surface area contributed by atoms with Gasteiger partial charge in [0.1, 0.15) is 18.1 Å². The van der Waals surface area contributed by atoms with Crippen LogP contribution in [0.15, 0.2) is 30.5 Å². The molecule has 0 aliphatic carbocycles. The van der Waals surface area contributed by atoms with Crippen molar-refractivity contribution in [3.63, 3.8) is 0 Å². The van der Waals surface area contributed by atoms with Gasteiger partial charge in [0.25, 0.3) is 0 Å². The van der Waals surface area contributed by atoms with Gasteiger partial charge in [-0.2, -0.15) is 11.8 Å². The van der Waals surface area contributed by atoms with E-state index in [9.17, 15) is 29.1 Å². The first-order chi connectivity index (χ1) is 19.0. The van der Waals surface area contributed by atoms with Gasteiger partial charge in [0.2, 0.25) is 23.6 Å². The number of rotatable bonds is 17. The van der Waals surface area contributed by atoms with Gasteiger partial charge in [-0.25, -0.2) is 4.79 Å². The molecule has 40 heavy (non-hydrogen) atoms. The Balaban J connectivity index is 2.16. The summed E-state index contributed by atoms with van der Waals surface area (Å²) in [7, 11) is 0. The molecule has 0 aliphatic rings. The lowest BCUT2D eigenvalue weighted by Gasteiger charge is -2.28. The maximum absolute atomic E-state index is 13.3. The van der Waals surface area contributed by atoms with E-state index in [1.807, 2.05) is 37.4 Å². The zero-order chi connectivity index (χ0) is 29.8. The van der Waals surface area contributed by atoms with Gasteiger partial charge < -0.3 is 37.5 Å². The molecule has 0 saturated carbocycles. The third kappa shape index (κ3) is 9.56. The minimum Gasteiger partial charge on any atom is -0.480 e. The zero-order valence-corrected chi connectivity index (χ0v) is 23.9. The number of thioether (sulfide) groups is 1. The van der Waals surface area contributed by atoms with Crippen LogP contribution in [-0.2, 0) is 30.4 Å². The first-order valence-corrected chi connectivity index (χ1v) is 14.6. The number of primary amides is 1. The van der Waals surface area contributed by atoms with Crippen LogP contribution in [0.2, 0.25) is 0 Å². The topological polar surface area (TPSA) is 209 Å². The van der Waals surface area contributed by atoms with E-state index in [1.54, 1.807) is 13.1 Å². The lowest BCUT2D eigenvalue weighted by atomic mass is 9.97. The largest absolute Gasteiger partial charge is 0.480 e. The Morgan fingerprint density at radius 3 is 2.30 bits per heavy atom. The predicted molar refractivity (Wildman–Crippen MR) is 154 cm³/mol. The average Bonchev–Trinajstić information content (AvgIpc) is 3.33. The summed E-state index contributed by atoms with van der Waals surface area (Å²) < 4.78 is 0. The maximum Gasteiger partial charge on any atom is 0.326 e. The summed E-state index contributed by atoms with van der Waals surface area (Å²) in [5.41, 5.74) is 13.2. The number of aromatic nitrogens is 1. The summed E-state index contributed by atoms with van der Waals surface area (Å²) in [4.78, 5) is 65.6. The van der Waals surface area contributed by atoms with E-state index in [4.69, 9.17) is 11.5 Å². The Labute approximate surface area is 237 Å². The molecule has 0 spiro atoms. The second kappa shape index (κ2) is 15.9. The smallest absolute Gasteiger partial charge is 0.326 e. The number of para-hydroxylation sites is 1. The molecule has 0 bridgehead atoms. The number of carbonyl (C=O) groups is 5. The van der Waals surface area contributed by atoms with Crippen LogP contribution >= 0.6 is 11.8 Å². The van der Waals surface area contributed by atoms with Crippen LogP contribution in [-0.4, -0.2) is 75.9 Å². The molecule has 5 unspecified atom stereocenters. The van der Waals surface area contributed by atoms with E-state index in [0.29, 0.717) is 12.2 Å². The Morgan fingerprint density at radius 1 is 1.00 bits per heavy atom. The van der Waals surface area contributed by atoms with Gasteiger partial charge in [0.05, 0.1) is 6.04 Å². The Hall–Kier alpha value is -3.58. The summed E-state index contributed by atoms with van der Waals surface area (Å²) in [5.74, 6) is -3.62. The molecular weight excluding hydrogens is 536 g/mol. The zero-order valence-electron chi connectivity index (χ0n) is 23.1. The molecule has 9 N–H and O–H groups in total. The lowest BCUT2D eigenvalue weighted by Crippen LogP contribution is -2.59. The number of nitrogens with one attached hydrogen (secondary N) is 4. The van der Waals surface area contributed by atoms with E-state index < -0.39 is 53.8 Å². The summed E-state index contributed by atoms with van der Waals surface area (Å²) in [5, 5.41) is 18.2. The minimum absolute atomic E-state index is 0.104. The lowest BCUT2D eigenvalue weighted by molar-refractivity contribution is -0.142. The second-order valence-electron chi connectivity index (χ2n) is 9.79. The highest BCUT2D eigenvalue weighted by Crippen LogP contribution is 2.19. The van der Waals surface area contributed by atoms with Gasteiger partial charge in [-0.15, -0.1) is 0 Å². The van der Waals surface area contributed by atoms with Crippen molar-refractivity contribution in [2.24, 2.45) is 17.4 Å². The SMILES string of the molecule is CCC(C)C(NC(=O)C(CCC(N)=O)NC(=O)C(N)Cc1c[nH]c2ccccc12)C(=O)NC(CCSC)C(=O)O. The average molecular weight is 577 g/mol. The minimum atomic E-state index is -1.19. The molecular formula is C27H40N6O6S. The summed E-state index contributed by atoms with van der Waals surface area (Å²) in [6.45, 7) is 3.58. The van der Waals surface area contributed by atoms with E-state index in [0.717, 1.165) is 16.5 Å². The van der Waals surface area contributed by atoms with Crippen molar-refractivity contribution in [3.8, 4) is 0 Å².